The molecule has 1 amide bonds. The van der Waals surface area contributed by atoms with Crippen LogP contribution in [-0.2, 0) is 14.6 Å². The molecule has 0 radical (unpaired) electrons. The number of sulfone groups is 1. The normalized spacial score (nSPS) is 22.7. The van der Waals surface area contributed by atoms with Crippen LogP contribution in [0.4, 0.5) is 5.69 Å². The zero-order valence-electron chi connectivity index (χ0n) is 11.4. The molecule has 1 fully saturated rings. The molecule has 0 aliphatic heterocycles. The highest BCUT2D eigenvalue weighted by Gasteiger charge is 2.31. The predicted octanol–water partition coefficient (Wildman–Crippen LogP) is 0.799. The Morgan fingerprint density at radius 1 is 1.45 bits per heavy atom. The van der Waals surface area contributed by atoms with Crippen LogP contribution in [0, 0.1) is 11.8 Å². The number of rotatable bonds is 4. The molecular weight excluding hydrogens is 278 g/mol. The highest BCUT2D eigenvalue weighted by Crippen LogP contribution is 2.31. The summed E-state index contributed by atoms with van der Waals surface area (Å²) in [7, 11) is -3.32. The summed E-state index contributed by atoms with van der Waals surface area (Å²) < 4.78 is 22.6. The Hall–Kier alpha value is -1.47. The van der Waals surface area contributed by atoms with Crippen molar-refractivity contribution in [2.45, 2.75) is 24.3 Å². The first-order valence-corrected chi connectivity index (χ1v) is 8.48. The summed E-state index contributed by atoms with van der Waals surface area (Å²) in [5, 5.41) is 2.77. The number of hydrogen-bond donors (Lipinski definition) is 2. The van der Waals surface area contributed by atoms with E-state index in [1.807, 2.05) is 0 Å². The Labute approximate surface area is 118 Å². The Morgan fingerprint density at radius 3 is 2.75 bits per heavy atom. The molecule has 0 saturated heterocycles. The van der Waals surface area contributed by atoms with Crippen LogP contribution in [-0.4, -0.2) is 32.1 Å². The van der Waals surface area contributed by atoms with Crippen molar-refractivity contribution in [2.75, 3.05) is 18.1 Å². The number of nitrogens with zero attached hydrogens (tertiary/aromatic N) is 1. The lowest BCUT2D eigenvalue weighted by atomic mass is 9.95. The van der Waals surface area contributed by atoms with Crippen LogP contribution >= 0.6 is 0 Å². The molecule has 1 aliphatic rings. The Balaban J connectivity index is 2.05. The zero-order chi connectivity index (χ0) is 14.8. The van der Waals surface area contributed by atoms with Gasteiger partial charge in [0, 0.05) is 12.2 Å². The van der Waals surface area contributed by atoms with Crippen molar-refractivity contribution in [3.05, 3.63) is 18.3 Å². The highest BCUT2D eigenvalue weighted by atomic mass is 32.2. The number of nitrogens with one attached hydrogen (secondary N) is 1. The van der Waals surface area contributed by atoms with E-state index >= 15 is 0 Å². The minimum absolute atomic E-state index is 0.00352. The van der Waals surface area contributed by atoms with Crippen molar-refractivity contribution in [1.82, 2.24) is 4.98 Å². The molecule has 7 heteroatoms. The van der Waals surface area contributed by atoms with Crippen molar-refractivity contribution >= 4 is 21.4 Å². The van der Waals surface area contributed by atoms with Crippen molar-refractivity contribution in [2.24, 2.45) is 17.6 Å². The van der Waals surface area contributed by atoms with Gasteiger partial charge in [-0.1, -0.05) is 6.42 Å². The van der Waals surface area contributed by atoms with Crippen LogP contribution in [0.1, 0.15) is 19.3 Å². The molecule has 1 heterocycles. The van der Waals surface area contributed by atoms with Gasteiger partial charge in [0.25, 0.3) is 0 Å². The number of pyridine rings is 1. The Kier molecular flexibility index (Phi) is 4.39. The fourth-order valence-electron chi connectivity index (χ4n) is 2.57. The van der Waals surface area contributed by atoms with E-state index in [2.05, 4.69) is 10.3 Å². The maximum Gasteiger partial charge on any atom is 0.227 e. The molecule has 1 aromatic rings. The quantitative estimate of drug-likeness (QED) is 0.855. The van der Waals surface area contributed by atoms with E-state index in [-0.39, 0.29) is 22.8 Å². The number of hydrogen-bond acceptors (Lipinski definition) is 5. The first-order valence-electron chi connectivity index (χ1n) is 6.59. The number of anilines is 1. The summed E-state index contributed by atoms with van der Waals surface area (Å²) in [4.78, 5) is 16.0. The van der Waals surface area contributed by atoms with Crippen LogP contribution in [0.15, 0.2) is 23.4 Å². The van der Waals surface area contributed by atoms with Crippen molar-refractivity contribution in [1.29, 1.82) is 0 Å². The van der Waals surface area contributed by atoms with E-state index in [0.717, 1.165) is 25.5 Å². The van der Waals surface area contributed by atoms with Gasteiger partial charge in [-0.05, 0) is 37.4 Å². The highest BCUT2D eigenvalue weighted by molar-refractivity contribution is 7.90. The van der Waals surface area contributed by atoms with E-state index < -0.39 is 9.84 Å². The molecule has 2 unspecified atom stereocenters. The van der Waals surface area contributed by atoms with E-state index in [4.69, 9.17) is 5.73 Å². The van der Waals surface area contributed by atoms with Gasteiger partial charge in [-0.3, -0.25) is 4.79 Å². The smallest absolute Gasteiger partial charge is 0.227 e. The van der Waals surface area contributed by atoms with E-state index in [1.54, 1.807) is 6.07 Å². The lowest BCUT2D eigenvalue weighted by Crippen LogP contribution is -2.29. The van der Waals surface area contributed by atoms with Gasteiger partial charge in [0.1, 0.15) is 0 Å². The molecule has 1 aliphatic carbocycles. The average Bonchev–Trinajstić information content (AvgIpc) is 2.86. The number of nitrogens with two attached hydrogens (primary N) is 1. The number of aromatic nitrogens is 1. The van der Waals surface area contributed by atoms with Crippen LogP contribution < -0.4 is 11.1 Å². The third-order valence-electron chi connectivity index (χ3n) is 3.68. The van der Waals surface area contributed by atoms with E-state index in [9.17, 15) is 13.2 Å². The summed E-state index contributed by atoms with van der Waals surface area (Å²) in [5.74, 6) is 0.111. The molecule has 0 bridgehead atoms. The molecule has 0 aromatic carbocycles. The summed E-state index contributed by atoms with van der Waals surface area (Å²) in [5.41, 5.74) is 6.17. The molecule has 2 atom stereocenters. The van der Waals surface area contributed by atoms with Gasteiger partial charge >= 0.3 is 0 Å². The van der Waals surface area contributed by atoms with Gasteiger partial charge in [-0.2, -0.15) is 0 Å². The second-order valence-corrected chi connectivity index (χ2v) is 7.14. The lowest BCUT2D eigenvalue weighted by molar-refractivity contribution is -0.120. The molecule has 3 N–H and O–H groups in total. The maximum absolute atomic E-state index is 12.2. The third kappa shape index (κ3) is 3.34. The summed E-state index contributed by atoms with van der Waals surface area (Å²) in [6.45, 7) is 0.517. The van der Waals surface area contributed by atoms with Gasteiger partial charge in [-0.15, -0.1) is 0 Å². The van der Waals surface area contributed by atoms with Crippen LogP contribution in [0.2, 0.25) is 0 Å². The number of carbonyl (C=O) groups is 1. The van der Waals surface area contributed by atoms with Gasteiger partial charge in [0.15, 0.2) is 14.9 Å². The number of carbonyl (C=O) groups excluding carboxylic acids is 1. The average molecular weight is 297 g/mol. The molecule has 110 valence electrons. The Morgan fingerprint density at radius 2 is 2.20 bits per heavy atom. The van der Waals surface area contributed by atoms with Gasteiger partial charge in [-0.25, -0.2) is 13.4 Å². The minimum atomic E-state index is -3.32. The summed E-state index contributed by atoms with van der Waals surface area (Å²) in [6.07, 6.45) is 5.31. The first-order chi connectivity index (χ1) is 9.41. The van der Waals surface area contributed by atoms with Crippen LogP contribution in [0.3, 0.4) is 0 Å². The first kappa shape index (κ1) is 14.9. The van der Waals surface area contributed by atoms with Crippen LogP contribution in [0.5, 0.6) is 0 Å². The van der Waals surface area contributed by atoms with Crippen molar-refractivity contribution in [3.8, 4) is 0 Å². The molecule has 0 spiro atoms. The predicted molar refractivity (Wildman–Crippen MR) is 75.9 cm³/mol. The monoisotopic (exact) mass is 297 g/mol. The third-order valence-corrected chi connectivity index (χ3v) is 4.68. The van der Waals surface area contributed by atoms with E-state index in [1.165, 1.54) is 12.3 Å². The molecule has 2 rings (SSSR count). The van der Waals surface area contributed by atoms with Gasteiger partial charge in [0.05, 0.1) is 11.9 Å². The fraction of sp³-hybridized carbons (Fsp3) is 0.538. The number of amides is 1. The molecule has 1 saturated carbocycles. The molecule has 6 nitrogen and oxygen atoms in total. The van der Waals surface area contributed by atoms with Gasteiger partial charge in [0.2, 0.25) is 5.91 Å². The fourth-order valence-corrected chi connectivity index (χ4v) is 3.13. The van der Waals surface area contributed by atoms with Gasteiger partial charge < -0.3 is 11.1 Å². The SMILES string of the molecule is CS(=O)(=O)c1ccc(NC(=O)C2CCCC2CN)cn1. The maximum atomic E-state index is 12.2. The van der Waals surface area contributed by atoms with Crippen molar-refractivity contribution in [3.63, 3.8) is 0 Å². The Bertz CT molecular complexity index is 583. The summed E-state index contributed by atoms with van der Waals surface area (Å²) in [6, 6.07) is 2.94. The largest absolute Gasteiger partial charge is 0.330 e. The molecular formula is C13H19N3O3S. The standard InChI is InChI=1S/C13H19N3O3S/c1-20(18,19)12-6-5-10(8-15-12)16-13(17)11-4-2-3-9(11)7-14/h5-6,8-9,11H,2-4,7,14H2,1H3,(H,16,17). The summed E-state index contributed by atoms with van der Waals surface area (Å²) >= 11 is 0. The minimum Gasteiger partial charge on any atom is -0.330 e. The lowest BCUT2D eigenvalue weighted by Gasteiger charge is -2.17. The molecule has 1 aromatic heterocycles. The topological polar surface area (TPSA) is 102 Å². The zero-order valence-corrected chi connectivity index (χ0v) is 12.2. The molecule has 20 heavy (non-hydrogen) atoms. The van der Waals surface area contributed by atoms with E-state index in [0.29, 0.717) is 12.2 Å². The van der Waals surface area contributed by atoms with Crippen molar-refractivity contribution < 1.29 is 13.2 Å². The van der Waals surface area contributed by atoms with Crippen LogP contribution in [0.25, 0.3) is 0 Å². The second-order valence-electron chi connectivity index (χ2n) is 5.18. The second kappa shape index (κ2) is 5.88.